The summed E-state index contributed by atoms with van der Waals surface area (Å²) < 4.78 is 0. The Morgan fingerprint density at radius 1 is 1.04 bits per heavy atom. The minimum atomic E-state index is 0.430. The smallest absolute Gasteiger partial charge is 0.0565 e. The number of H-pyrrole nitrogens is 1. The van der Waals surface area contributed by atoms with Crippen LogP contribution in [-0.2, 0) is 6.42 Å². The van der Waals surface area contributed by atoms with Crippen molar-refractivity contribution in [2.75, 3.05) is 13.6 Å². The van der Waals surface area contributed by atoms with Gasteiger partial charge in [-0.2, -0.15) is 5.10 Å². The lowest BCUT2D eigenvalue weighted by Crippen LogP contribution is -2.19. The Kier molecular flexibility index (Phi) is 5.11. The van der Waals surface area contributed by atoms with Crippen LogP contribution in [0.15, 0.2) is 60.9 Å². The van der Waals surface area contributed by atoms with E-state index in [1.54, 1.807) is 0 Å². The molecule has 1 heterocycles. The highest BCUT2D eigenvalue weighted by Gasteiger charge is 2.12. The molecule has 23 heavy (non-hydrogen) atoms. The van der Waals surface area contributed by atoms with E-state index < -0.39 is 0 Å². The Hall–Kier alpha value is -2.10. The quantitative estimate of drug-likeness (QED) is 0.710. The summed E-state index contributed by atoms with van der Waals surface area (Å²) in [5, 5.41) is 10.9. The van der Waals surface area contributed by atoms with Crippen LogP contribution in [0.25, 0.3) is 11.1 Å². The highest BCUT2D eigenvalue weighted by Crippen LogP contribution is 2.25. The van der Waals surface area contributed by atoms with Gasteiger partial charge >= 0.3 is 0 Å². The van der Waals surface area contributed by atoms with Crippen molar-refractivity contribution < 1.29 is 0 Å². The standard InChI is InChI=1S/C19H20ClN3/c1-21-11-17(10-14-2-8-19(20)9-3-14)15-4-6-16(7-5-15)18-12-22-23-13-18/h2-9,12-13,17,21H,10-11H2,1H3,(H,22,23). The summed E-state index contributed by atoms with van der Waals surface area (Å²) in [5.74, 6) is 0.430. The normalized spacial score (nSPS) is 12.3. The van der Waals surface area contributed by atoms with Gasteiger partial charge < -0.3 is 5.32 Å². The van der Waals surface area contributed by atoms with Crippen LogP contribution in [0.2, 0.25) is 5.02 Å². The molecule has 0 radical (unpaired) electrons. The van der Waals surface area contributed by atoms with Crippen molar-refractivity contribution in [2.24, 2.45) is 0 Å². The van der Waals surface area contributed by atoms with Gasteiger partial charge in [-0.05, 0) is 42.3 Å². The molecule has 3 aromatic rings. The van der Waals surface area contributed by atoms with E-state index in [1.165, 1.54) is 16.7 Å². The summed E-state index contributed by atoms with van der Waals surface area (Å²) in [6.07, 6.45) is 4.74. The number of rotatable bonds is 6. The lowest BCUT2D eigenvalue weighted by atomic mass is 9.91. The van der Waals surface area contributed by atoms with Crippen LogP contribution < -0.4 is 5.32 Å². The molecule has 118 valence electrons. The summed E-state index contributed by atoms with van der Waals surface area (Å²) >= 11 is 5.97. The first-order chi connectivity index (χ1) is 11.3. The maximum absolute atomic E-state index is 5.97. The molecule has 0 bridgehead atoms. The van der Waals surface area contributed by atoms with Crippen LogP contribution in [0.1, 0.15) is 17.0 Å². The topological polar surface area (TPSA) is 40.7 Å². The minimum absolute atomic E-state index is 0.430. The Balaban J connectivity index is 1.78. The molecule has 0 fully saturated rings. The van der Waals surface area contributed by atoms with Gasteiger partial charge in [-0.1, -0.05) is 48.0 Å². The Labute approximate surface area is 141 Å². The van der Waals surface area contributed by atoms with Crippen LogP contribution in [0, 0.1) is 0 Å². The molecule has 2 aromatic carbocycles. The van der Waals surface area contributed by atoms with Crippen molar-refractivity contribution in [3.05, 3.63) is 77.1 Å². The zero-order valence-electron chi connectivity index (χ0n) is 13.1. The minimum Gasteiger partial charge on any atom is -0.319 e. The fraction of sp³-hybridized carbons (Fsp3) is 0.211. The maximum Gasteiger partial charge on any atom is 0.0565 e. The fourth-order valence-electron chi connectivity index (χ4n) is 2.82. The second-order valence-corrected chi connectivity index (χ2v) is 6.13. The number of aromatic nitrogens is 2. The van der Waals surface area contributed by atoms with Gasteiger partial charge in [-0.25, -0.2) is 0 Å². The molecule has 4 heteroatoms. The van der Waals surface area contributed by atoms with Gasteiger partial charge in [0.05, 0.1) is 6.20 Å². The summed E-state index contributed by atoms with van der Waals surface area (Å²) in [6.45, 7) is 0.938. The van der Waals surface area contributed by atoms with E-state index in [1.807, 2.05) is 31.6 Å². The number of halogens is 1. The van der Waals surface area contributed by atoms with Crippen molar-refractivity contribution in [1.29, 1.82) is 0 Å². The number of aromatic amines is 1. The highest BCUT2D eigenvalue weighted by molar-refractivity contribution is 6.30. The van der Waals surface area contributed by atoms with E-state index in [0.29, 0.717) is 5.92 Å². The van der Waals surface area contributed by atoms with Gasteiger partial charge in [0.15, 0.2) is 0 Å². The largest absolute Gasteiger partial charge is 0.319 e. The first-order valence-corrected chi connectivity index (χ1v) is 8.12. The number of likely N-dealkylation sites (N-methyl/N-ethyl adjacent to an activating group) is 1. The number of hydrogen-bond donors (Lipinski definition) is 2. The molecule has 1 atom stereocenters. The van der Waals surface area contributed by atoms with Crippen LogP contribution >= 0.6 is 11.6 Å². The number of benzene rings is 2. The average molecular weight is 326 g/mol. The molecule has 3 rings (SSSR count). The van der Waals surface area contributed by atoms with Crippen LogP contribution in [0.4, 0.5) is 0 Å². The predicted octanol–water partition coefficient (Wildman–Crippen LogP) is 4.28. The van der Waals surface area contributed by atoms with Crippen molar-refractivity contribution >= 4 is 11.6 Å². The molecule has 0 spiro atoms. The van der Waals surface area contributed by atoms with Crippen molar-refractivity contribution in [1.82, 2.24) is 15.5 Å². The van der Waals surface area contributed by atoms with E-state index in [2.05, 4.69) is 51.9 Å². The predicted molar refractivity (Wildman–Crippen MR) is 95.8 cm³/mol. The summed E-state index contributed by atoms with van der Waals surface area (Å²) in [4.78, 5) is 0. The lowest BCUT2D eigenvalue weighted by Gasteiger charge is -2.18. The zero-order chi connectivity index (χ0) is 16.1. The molecule has 1 aromatic heterocycles. The highest BCUT2D eigenvalue weighted by atomic mass is 35.5. The van der Waals surface area contributed by atoms with E-state index in [9.17, 15) is 0 Å². The van der Waals surface area contributed by atoms with Crippen LogP contribution in [-0.4, -0.2) is 23.8 Å². The first-order valence-electron chi connectivity index (χ1n) is 7.74. The molecule has 0 aliphatic carbocycles. The van der Waals surface area contributed by atoms with Crippen molar-refractivity contribution in [3.8, 4) is 11.1 Å². The SMILES string of the molecule is CNCC(Cc1ccc(Cl)cc1)c1ccc(-c2cn[nH]c2)cc1. The molecule has 0 aliphatic heterocycles. The van der Waals surface area contributed by atoms with Crippen molar-refractivity contribution in [2.45, 2.75) is 12.3 Å². The van der Waals surface area contributed by atoms with Crippen molar-refractivity contribution in [3.63, 3.8) is 0 Å². The first kappa shape index (κ1) is 15.8. The molecule has 2 N–H and O–H groups in total. The van der Waals surface area contributed by atoms with Gasteiger partial charge in [0.25, 0.3) is 0 Å². The third kappa shape index (κ3) is 4.01. The Bertz CT molecular complexity index is 718. The monoisotopic (exact) mass is 325 g/mol. The third-order valence-corrected chi connectivity index (χ3v) is 4.31. The second-order valence-electron chi connectivity index (χ2n) is 5.69. The van der Waals surface area contributed by atoms with E-state index in [0.717, 1.165) is 23.6 Å². The number of nitrogens with zero attached hydrogens (tertiary/aromatic N) is 1. The van der Waals surface area contributed by atoms with Gasteiger partial charge in [-0.15, -0.1) is 0 Å². The molecule has 3 nitrogen and oxygen atoms in total. The van der Waals surface area contributed by atoms with Gasteiger partial charge in [0, 0.05) is 29.2 Å². The summed E-state index contributed by atoms with van der Waals surface area (Å²) in [5.41, 5.74) is 4.92. The number of nitrogens with one attached hydrogen (secondary N) is 2. The fourth-order valence-corrected chi connectivity index (χ4v) is 2.94. The van der Waals surface area contributed by atoms with E-state index in [-0.39, 0.29) is 0 Å². The molecular weight excluding hydrogens is 306 g/mol. The maximum atomic E-state index is 5.97. The second kappa shape index (κ2) is 7.44. The van der Waals surface area contributed by atoms with Gasteiger partial charge in [0.2, 0.25) is 0 Å². The molecule has 0 saturated carbocycles. The van der Waals surface area contributed by atoms with Crippen LogP contribution in [0.3, 0.4) is 0 Å². The molecule has 0 amide bonds. The number of hydrogen-bond acceptors (Lipinski definition) is 2. The van der Waals surface area contributed by atoms with Gasteiger partial charge in [0.1, 0.15) is 0 Å². The molecule has 1 unspecified atom stereocenters. The molecular formula is C19H20ClN3. The molecule has 0 aliphatic rings. The zero-order valence-corrected chi connectivity index (χ0v) is 13.8. The average Bonchev–Trinajstić information content (AvgIpc) is 3.11. The lowest BCUT2D eigenvalue weighted by molar-refractivity contribution is 0.626. The van der Waals surface area contributed by atoms with E-state index >= 15 is 0 Å². The third-order valence-electron chi connectivity index (χ3n) is 4.06. The summed E-state index contributed by atoms with van der Waals surface area (Å²) in [6, 6.07) is 16.8. The van der Waals surface area contributed by atoms with E-state index in [4.69, 9.17) is 11.6 Å². The van der Waals surface area contributed by atoms with Crippen LogP contribution in [0.5, 0.6) is 0 Å². The molecule has 0 saturated heterocycles. The summed E-state index contributed by atoms with van der Waals surface area (Å²) in [7, 11) is 1.99. The van der Waals surface area contributed by atoms with Gasteiger partial charge in [-0.3, -0.25) is 5.10 Å². The Morgan fingerprint density at radius 3 is 2.39 bits per heavy atom. The Morgan fingerprint density at radius 2 is 1.78 bits per heavy atom.